The molecule has 1 N–H and O–H groups in total. The molecule has 1 atom stereocenters. The topological polar surface area (TPSA) is 54.5 Å². The van der Waals surface area contributed by atoms with Crippen LogP contribution in [0.2, 0.25) is 10.0 Å². The molecule has 1 unspecified atom stereocenters. The van der Waals surface area contributed by atoms with Crippen LogP contribution >= 0.6 is 23.2 Å². The van der Waals surface area contributed by atoms with E-state index < -0.39 is 5.97 Å². The van der Waals surface area contributed by atoms with Gasteiger partial charge in [-0.1, -0.05) is 29.3 Å². The third-order valence-electron chi connectivity index (χ3n) is 3.75. The lowest BCUT2D eigenvalue weighted by molar-refractivity contribution is 0.0594. The number of fused-ring (bicyclic) bond motifs is 1. The third kappa shape index (κ3) is 3.07. The summed E-state index contributed by atoms with van der Waals surface area (Å²) in [6.45, 7) is 2.62. The second-order valence-electron chi connectivity index (χ2n) is 5.24. The third-order valence-corrected chi connectivity index (χ3v) is 4.33. The van der Waals surface area contributed by atoms with Gasteiger partial charge in [0.25, 0.3) is 0 Å². The van der Waals surface area contributed by atoms with E-state index in [2.05, 4.69) is 15.2 Å². The Kier molecular flexibility index (Phi) is 4.33. The van der Waals surface area contributed by atoms with Crippen molar-refractivity contribution in [3.63, 3.8) is 0 Å². The van der Waals surface area contributed by atoms with Crippen molar-refractivity contribution in [2.75, 3.05) is 17.3 Å². The summed E-state index contributed by atoms with van der Waals surface area (Å²) in [6.07, 6.45) is 0.0251. The van der Waals surface area contributed by atoms with Crippen LogP contribution in [0.25, 0.3) is 0 Å². The minimum atomic E-state index is -0.457. The number of nitrogens with zero attached hydrogens (tertiary/aromatic N) is 2. The number of aromatic nitrogens is 1. The number of ether oxygens (including phenoxy) is 1. The first-order valence-corrected chi connectivity index (χ1v) is 7.81. The number of pyridine rings is 1. The van der Waals surface area contributed by atoms with Crippen LogP contribution in [-0.4, -0.2) is 24.2 Å². The molecule has 1 aromatic carbocycles. The summed E-state index contributed by atoms with van der Waals surface area (Å²) in [5, 5.41) is 4.49. The number of halogens is 2. The van der Waals surface area contributed by atoms with Crippen molar-refractivity contribution in [2.24, 2.45) is 0 Å². The molecule has 0 saturated heterocycles. The Morgan fingerprint density at radius 2 is 2.13 bits per heavy atom. The summed E-state index contributed by atoms with van der Waals surface area (Å²) in [5.74, 6) is 0.201. The zero-order valence-corrected chi connectivity index (χ0v) is 14.1. The second-order valence-corrected chi connectivity index (χ2v) is 6.08. The van der Waals surface area contributed by atoms with Gasteiger partial charge in [-0.15, -0.1) is 0 Å². The molecule has 5 nitrogen and oxygen atoms in total. The highest BCUT2D eigenvalue weighted by Gasteiger charge is 2.28. The van der Waals surface area contributed by atoms with Gasteiger partial charge in [0.05, 0.1) is 19.0 Å². The highest BCUT2D eigenvalue weighted by atomic mass is 35.5. The van der Waals surface area contributed by atoms with Crippen molar-refractivity contribution in [3.8, 4) is 0 Å². The van der Waals surface area contributed by atoms with E-state index in [1.54, 1.807) is 12.1 Å². The molecule has 23 heavy (non-hydrogen) atoms. The van der Waals surface area contributed by atoms with Crippen molar-refractivity contribution in [2.45, 2.75) is 19.6 Å². The van der Waals surface area contributed by atoms with Gasteiger partial charge in [-0.05, 0) is 36.8 Å². The van der Waals surface area contributed by atoms with E-state index in [4.69, 9.17) is 27.9 Å². The summed E-state index contributed by atoms with van der Waals surface area (Å²) in [6, 6.07) is 8.96. The van der Waals surface area contributed by atoms with Gasteiger partial charge in [0.2, 0.25) is 0 Å². The van der Waals surface area contributed by atoms with Gasteiger partial charge in [0.1, 0.15) is 0 Å². The van der Waals surface area contributed by atoms with Crippen LogP contribution in [-0.2, 0) is 11.3 Å². The smallest absolute Gasteiger partial charge is 0.356 e. The standard InChI is InChI=1S/C16H15Cl2N3O2/c1-9-19-15-14(6-5-13(20-15)16(22)23-2)21(9)8-10-3-4-11(17)7-12(10)18/h3-7,9H,8H2,1-2H3,(H,19,20). The lowest BCUT2D eigenvalue weighted by atomic mass is 10.2. The molecular weight excluding hydrogens is 337 g/mol. The molecule has 2 heterocycles. The molecular formula is C16H15Cl2N3O2. The molecule has 0 aliphatic carbocycles. The fraction of sp³-hybridized carbons (Fsp3) is 0.250. The molecule has 0 amide bonds. The zero-order chi connectivity index (χ0) is 16.6. The fourth-order valence-electron chi connectivity index (χ4n) is 2.55. The Bertz CT molecular complexity index is 767. The number of rotatable bonds is 3. The first kappa shape index (κ1) is 15.9. The van der Waals surface area contributed by atoms with Crippen molar-refractivity contribution in [1.82, 2.24) is 4.98 Å². The quantitative estimate of drug-likeness (QED) is 0.848. The van der Waals surface area contributed by atoms with Gasteiger partial charge in [0.15, 0.2) is 11.5 Å². The predicted molar refractivity (Wildman–Crippen MR) is 91.3 cm³/mol. The number of carbonyl (C=O) groups excluding carboxylic acids is 1. The van der Waals surface area contributed by atoms with E-state index in [9.17, 15) is 4.79 Å². The van der Waals surface area contributed by atoms with Crippen LogP contribution in [0.15, 0.2) is 30.3 Å². The maximum atomic E-state index is 11.6. The normalized spacial score (nSPS) is 16.0. The van der Waals surface area contributed by atoms with Gasteiger partial charge >= 0.3 is 5.97 Å². The minimum Gasteiger partial charge on any atom is -0.464 e. The van der Waals surface area contributed by atoms with Gasteiger partial charge < -0.3 is 15.0 Å². The van der Waals surface area contributed by atoms with E-state index in [1.165, 1.54) is 7.11 Å². The predicted octanol–water partition coefficient (Wildman–Crippen LogP) is 3.95. The van der Waals surface area contributed by atoms with E-state index in [-0.39, 0.29) is 11.9 Å². The Morgan fingerprint density at radius 3 is 2.83 bits per heavy atom. The van der Waals surface area contributed by atoms with Crippen LogP contribution < -0.4 is 10.2 Å². The molecule has 1 aliphatic rings. The number of methoxy groups -OCH3 is 1. The molecule has 120 valence electrons. The molecule has 0 radical (unpaired) electrons. The van der Waals surface area contributed by atoms with Gasteiger partial charge in [-0.25, -0.2) is 9.78 Å². The molecule has 0 bridgehead atoms. The molecule has 3 rings (SSSR count). The first-order valence-electron chi connectivity index (χ1n) is 7.06. The van der Waals surface area contributed by atoms with Gasteiger partial charge in [-0.3, -0.25) is 0 Å². The maximum Gasteiger partial charge on any atom is 0.356 e. The number of esters is 1. The molecule has 0 fully saturated rings. The van der Waals surface area contributed by atoms with E-state index in [0.717, 1.165) is 11.3 Å². The average Bonchev–Trinajstić information content (AvgIpc) is 2.84. The highest BCUT2D eigenvalue weighted by Crippen LogP contribution is 2.35. The molecule has 0 spiro atoms. The lowest BCUT2D eigenvalue weighted by Crippen LogP contribution is -2.32. The summed E-state index contributed by atoms with van der Waals surface area (Å²) in [5.41, 5.74) is 2.16. The van der Waals surface area contributed by atoms with Gasteiger partial charge in [0, 0.05) is 16.6 Å². The minimum absolute atomic E-state index is 0.0251. The molecule has 0 saturated carbocycles. The maximum absolute atomic E-state index is 11.6. The SMILES string of the molecule is COC(=O)c1ccc2c(n1)NC(C)N2Cc1ccc(Cl)cc1Cl. The average molecular weight is 352 g/mol. The Labute approximate surface area is 144 Å². The van der Waals surface area contributed by atoms with Gasteiger partial charge in [-0.2, -0.15) is 0 Å². The van der Waals surface area contributed by atoms with Crippen LogP contribution in [0.1, 0.15) is 23.0 Å². The number of anilines is 2. The van der Waals surface area contributed by atoms with E-state index in [1.807, 2.05) is 25.1 Å². The molecule has 1 aromatic heterocycles. The van der Waals surface area contributed by atoms with Crippen LogP contribution in [0.3, 0.4) is 0 Å². The first-order chi connectivity index (χ1) is 11.0. The Balaban J connectivity index is 1.89. The summed E-state index contributed by atoms with van der Waals surface area (Å²) in [7, 11) is 1.34. The van der Waals surface area contributed by atoms with E-state index in [0.29, 0.717) is 22.4 Å². The van der Waals surface area contributed by atoms with Crippen molar-refractivity contribution < 1.29 is 9.53 Å². The van der Waals surface area contributed by atoms with Crippen LogP contribution in [0.4, 0.5) is 11.5 Å². The van der Waals surface area contributed by atoms with Crippen molar-refractivity contribution in [1.29, 1.82) is 0 Å². The van der Waals surface area contributed by atoms with Crippen LogP contribution in [0.5, 0.6) is 0 Å². The molecule has 7 heteroatoms. The number of carbonyl (C=O) groups is 1. The van der Waals surface area contributed by atoms with Crippen molar-refractivity contribution in [3.05, 3.63) is 51.6 Å². The number of nitrogens with one attached hydrogen (secondary N) is 1. The highest BCUT2D eigenvalue weighted by molar-refractivity contribution is 6.35. The lowest BCUT2D eigenvalue weighted by Gasteiger charge is -2.24. The fourth-order valence-corrected chi connectivity index (χ4v) is 3.02. The second kappa shape index (κ2) is 6.26. The Morgan fingerprint density at radius 1 is 1.35 bits per heavy atom. The van der Waals surface area contributed by atoms with E-state index >= 15 is 0 Å². The van der Waals surface area contributed by atoms with Crippen molar-refractivity contribution >= 4 is 40.7 Å². The number of hydrogen-bond donors (Lipinski definition) is 1. The monoisotopic (exact) mass is 351 g/mol. The molecule has 1 aliphatic heterocycles. The Hall–Kier alpha value is -1.98. The molecule has 2 aromatic rings. The zero-order valence-electron chi connectivity index (χ0n) is 12.6. The number of hydrogen-bond acceptors (Lipinski definition) is 5. The number of benzene rings is 1. The summed E-state index contributed by atoms with van der Waals surface area (Å²) < 4.78 is 4.70. The summed E-state index contributed by atoms with van der Waals surface area (Å²) in [4.78, 5) is 18.0. The largest absolute Gasteiger partial charge is 0.464 e. The van der Waals surface area contributed by atoms with Crippen LogP contribution in [0, 0.1) is 0 Å². The summed E-state index contributed by atoms with van der Waals surface area (Å²) >= 11 is 12.2.